The molecule has 0 aromatic rings. The van der Waals surface area contributed by atoms with Gasteiger partial charge in [-0.05, 0) is 32.6 Å². The highest BCUT2D eigenvalue weighted by atomic mass is 16.3. The van der Waals surface area contributed by atoms with Crippen molar-refractivity contribution in [2.75, 3.05) is 13.1 Å². The molecule has 1 rings (SSSR count). The summed E-state index contributed by atoms with van der Waals surface area (Å²) in [7, 11) is 0. The molecule has 1 N–H and O–H groups in total. The fourth-order valence-corrected chi connectivity index (χ4v) is 2.26. The first-order valence-electron chi connectivity index (χ1n) is 6.31. The molecule has 1 unspecified atom stereocenters. The van der Waals surface area contributed by atoms with Crippen molar-refractivity contribution >= 4 is 5.91 Å². The summed E-state index contributed by atoms with van der Waals surface area (Å²) < 4.78 is 0. The van der Waals surface area contributed by atoms with Gasteiger partial charge in [0.25, 0.3) is 0 Å². The topological polar surface area (TPSA) is 40.5 Å². The normalized spacial score (nSPS) is 22.6. The van der Waals surface area contributed by atoms with Crippen LogP contribution in [0.15, 0.2) is 0 Å². The zero-order valence-corrected chi connectivity index (χ0v) is 11.0. The van der Waals surface area contributed by atoms with Crippen LogP contribution in [-0.2, 0) is 4.79 Å². The zero-order valence-electron chi connectivity index (χ0n) is 11.0. The lowest BCUT2D eigenvalue weighted by atomic mass is 9.84. The monoisotopic (exact) mass is 227 g/mol. The summed E-state index contributed by atoms with van der Waals surface area (Å²) in [6, 6.07) is 0. The zero-order chi connectivity index (χ0) is 12.3. The number of nitrogens with zero attached hydrogens (tertiary/aromatic N) is 1. The van der Waals surface area contributed by atoms with Gasteiger partial charge in [-0.25, -0.2) is 0 Å². The number of piperidine rings is 1. The van der Waals surface area contributed by atoms with Crippen molar-refractivity contribution in [1.29, 1.82) is 0 Å². The highest BCUT2D eigenvalue weighted by Crippen LogP contribution is 2.27. The third-order valence-electron chi connectivity index (χ3n) is 3.36. The van der Waals surface area contributed by atoms with Crippen molar-refractivity contribution < 1.29 is 9.90 Å². The summed E-state index contributed by atoms with van der Waals surface area (Å²) in [5.41, 5.74) is -0.670. The first-order valence-corrected chi connectivity index (χ1v) is 6.31. The van der Waals surface area contributed by atoms with Gasteiger partial charge in [-0.3, -0.25) is 4.79 Å². The number of carbonyl (C=O) groups excluding carboxylic acids is 1. The average molecular weight is 227 g/mol. The SMILES string of the molecule is CC(C)CC(=O)N1CCCC(C(C)(C)O)C1. The van der Waals surface area contributed by atoms with Crippen LogP contribution < -0.4 is 0 Å². The average Bonchev–Trinajstić information content (AvgIpc) is 2.15. The van der Waals surface area contributed by atoms with E-state index < -0.39 is 5.60 Å². The molecule has 1 aliphatic rings. The second kappa shape index (κ2) is 5.17. The first-order chi connectivity index (χ1) is 7.30. The Morgan fingerprint density at radius 3 is 2.62 bits per heavy atom. The van der Waals surface area contributed by atoms with Crippen molar-refractivity contribution in [1.82, 2.24) is 4.90 Å². The minimum Gasteiger partial charge on any atom is -0.390 e. The standard InChI is InChI=1S/C13H25NO2/c1-10(2)8-12(15)14-7-5-6-11(9-14)13(3,4)16/h10-11,16H,5-9H2,1-4H3. The van der Waals surface area contributed by atoms with Crippen LogP contribution in [-0.4, -0.2) is 34.6 Å². The molecular weight excluding hydrogens is 202 g/mol. The molecule has 1 amide bonds. The number of aliphatic hydroxyl groups is 1. The van der Waals surface area contributed by atoms with E-state index in [1.54, 1.807) is 0 Å². The molecule has 0 spiro atoms. The Hall–Kier alpha value is -0.570. The molecule has 0 saturated carbocycles. The summed E-state index contributed by atoms with van der Waals surface area (Å²) in [5, 5.41) is 9.99. The molecule has 94 valence electrons. The summed E-state index contributed by atoms with van der Waals surface area (Å²) in [6.45, 7) is 9.39. The van der Waals surface area contributed by atoms with Crippen LogP contribution in [0.1, 0.15) is 47.0 Å². The van der Waals surface area contributed by atoms with Crippen LogP contribution in [0.25, 0.3) is 0 Å². The van der Waals surface area contributed by atoms with Crippen LogP contribution in [0.4, 0.5) is 0 Å². The van der Waals surface area contributed by atoms with E-state index in [0.29, 0.717) is 12.3 Å². The predicted molar refractivity (Wildman–Crippen MR) is 65.1 cm³/mol. The van der Waals surface area contributed by atoms with E-state index >= 15 is 0 Å². The Labute approximate surface area is 98.8 Å². The van der Waals surface area contributed by atoms with Crippen molar-refractivity contribution in [3.05, 3.63) is 0 Å². The maximum atomic E-state index is 11.9. The third kappa shape index (κ3) is 3.78. The van der Waals surface area contributed by atoms with Crippen molar-refractivity contribution in [2.24, 2.45) is 11.8 Å². The lowest BCUT2D eigenvalue weighted by molar-refractivity contribution is -0.135. The second-order valence-corrected chi connectivity index (χ2v) is 5.93. The molecule has 0 aliphatic carbocycles. The molecular formula is C13H25NO2. The third-order valence-corrected chi connectivity index (χ3v) is 3.36. The molecule has 0 radical (unpaired) electrons. The van der Waals surface area contributed by atoms with Gasteiger partial charge in [-0.1, -0.05) is 13.8 Å². The second-order valence-electron chi connectivity index (χ2n) is 5.93. The number of hydrogen-bond acceptors (Lipinski definition) is 2. The van der Waals surface area contributed by atoms with Crippen molar-refractivity contribution in [3.63, 3.8) is 0 Å². The van der Waals surface area contributed by atoms with Gasteiger partial charge >= 0.3 is 0 Å². The lowest BCUT2D eigenvalue weighted by Gasteiger charge is -2.39. The van der Waals surface area contributed by atoms with E-state index in [0.717, 1.165) is 25.9 Å². The maximum absolute atomic E-state index is 11.9. The van der Waals surface area contributed by atoms with E-state index in [1.165, 1.54) is 0 Å². The molecule has 0 aromatic heterocycles. The van der Waals surface area contributed by atoms with Crippen LogP contribution in [0.5, 0.6) is 0 Å². The minimum absolute atomic E-state index is 0.220. The summed E-state index contributed by atoms with van der Waals surface area (Å²) in [6.07, 6.45) is 2.66. The quantitative estimate of drug-likeness (QED) is 0.801. The molecule has 1 saturated heterocycles. The molecule has 1 fully saturated rings. The molecule has 1 atom stereocenters. The first kappa shape index (κ1) is 13.5. The molecule has 3 heteroatoms. The fourth-order valence-electron chi connectivity index (χ4n) is 2.26. The fraction of sp³-hybridized carbons (Fsp3) is 0.923. The van der Waals surface area contributed by atoms with Crippen LogP contribution in [0.3, 0.4) is 0 Å². The van der Waals surface area contributed by atoms with E-state index in [9.17, 15) is 9.90 Å². The van der Waals surface area contributed by atoms with Gasteiger partial charge < -0.3 is 10.0 Å². The summed E-state index contributed by atoms with van der Waals surface area (Å²) >= 11 is 0. The number of hydrogen-bond donors (Lipinski definition) is 1. The highest BCUT2D eigenvalue weighted by Gasteiger charge is 2.32. The Bertz CT molecular complexity index is 243. The Balaban J connectivity index is 2.54. The van der Waals surface area contributed by atoms with Crippen molar-refractivity contribution in [2.45, 2.75) is 52.6 Å². The van der Waals surface area contributed by atoms with Crippen LogP contribution in [0, 0.1) is 11.8 Å². The van der Waals surface area contributed by atoms with E-state index in [2.05, 4.69) is 13.8 Å². The van der Waals surface area contributed by atoms with Gasteiger partial charge in [0.2, 0.25) is 5.91 Å². The molecule has 16 heavy (non-hydrogen) atoms. The Morgan fingerprint density at radius 2 is 2.12 bits per heavy atom. The Morgan fingerprint density at radius 1 is 1.50 bits per heavy atom. The van der Waals surface area contributed by atoms with Gasteiger partial charge in [0, 0.05) is 25.4 Å². The molecule has 1 aliphatic heterocycles. The molecule has 1 heterocycles. The van der Waals surface area contributed by atoms with E-state index in [1.807, 2.05) is 18.7 Å². The number of likely N-dealkylation sites (tertiary alicyclic amines) is 1. The van der Waals surface area contributed by atoms with Crippen LogP contribution in [0.2, 0.25) is 0 Å². The van der Waals surface area contributed by atoms with E-state index in [4.69, 9.17) is 0 Å². The Kier molecular flexibility index (Phi) is 4.36. The maximum Gasteiger partial charge on any atom is 0.222 e. The predicted octanol–water partition coefficient (Wildman–Crippen LogP) is 2.04. The largest absolute Gasteiger partial charge is 0.390 e. The molecule has 3 nitrogen and oxygen atoms in total. The van der Waals surface area contributed by atoms with Crippen molar-refractivity contribution in [3.8, 4) is 0 Å². The summed E-state index contributed by atoms with van der Waals surface area (Å²) in [5.74, 6) is 0.872. The van der Waals surface area contributed by atoms with Gasteiger partial charge in [0.1, 0.15) is 0 Å². The van der Waals surface area contributed by atoms with E-state index in [-0.39, 0.29) is 11.8 Å². The number of amides is 1. The molecule has 0 bridgehead atoms. The van der Waals surface area contributed by atoms with Crippen LogP contribution >= 0.6 is 0 Å². The number of rotatable bonds is 3. The smallest absolute Gasteiger partial charge is 0.222 e. The lowest BCUT2D eigenvalue weighted by Crippen LogP contribution is -2.47. The minimum atomic E-state index is -0.670. The summed E-state index contributed by atoms with van der Waals surface area (Å²) in [4.78, 5) is 13.8. The molecule has 0 aromatic carbocycles. The van der Waals surface area contributed by atoms with Gasteiger partial charge in [0.15, 0.2) is 0 Å². The van der Waals surface area contributed by atoms with Gasteiger partial charge in [0.05, 0.1) is 5.60 Å². The number of carbonyl (C=O) groups is 1. The van der Waals surface area contributed by atoms with Gasteiger partial charge in [-0.15, -0.1) is 0 Å². The van der Waals surface area contributed by atoms with Gasteiger partial charge in [-0.2, -0.15) is 0 Å². The highest BCUT2D eigenvalue weighted by molar-refractivity contribution is 5.76.